The van der Waals surface area contributed by atoms with Gasteiger partial charge in [0.1, 0.15) is 24.0 Å². The van der Waals surface area contributed by atoms with Gasteiger partial charge < -0.3 is 9.64 Å². The fourth-order valence-corrected chi connectivity index (χ4v) is 2.49. The largest absolute Gasteiger partial charge is 0.473 e. The number of nitrogens with zero attached hydrogens (tertiary/aromatic N) is 3. The molecule has 1 aromatic carbocycles. The highest BCUT2D eigenvalue weighted by Crippen LogP contribution is 2.24. The van der Waals surface area contributed by atoms with Crippen molar-refractivity contribution in [2.45, 2.75) is 32.5 Å². The predicted molar refractivity (Wildman–Crippen MR) is 81.7 cm³/mol. The molecule has 3 rings (SSSR count). The van der Waals surface area contributed by atoms with Crippen LogP contribution in [0.25, 0.3) is 0 Å². The van der Waals surface area contributed by atoms with Gasteiger partial charge in [-0.3, -0.25) is 4.57 Å². The van der Waals surface area contributed by atoms with Gasteiger partial charge in [0.2, 0.25) is 5.88 Å². The molecule has 1 unspecified atom stereocenters. The zero-order valence-corrected chi connectivity index (χ0v) is 12.7. The minimum absolute atomic E-state index is 0.198. The number of halogens is 2. The topological polar surface area (TPSA) is 47.4 Å². The van der Waals surface area contributed by atoms with E-state index >= 15 is 0 Å². The Hall–Kier alpha value is -2.44. The quantitative estimate of drug-likeness (QED) is 0.870. The van der Waals surface area contributed by atoms with Crippen molar-refractivity contribution in [3.05, 3.63) is 51.9 Å². The number of hydrogen-bond donors (Lipinski definition) is 0. The molecule has 1 aliphatic heterocycles. The summed E-state index contributed by atoms with van der Waals surface area (Å²) in [6.07, 6.45) is 0.786. The third kappa shape index (κ3) is 3.18. The van der Waals surface area contributed by atoms with Gasteiger partial charge in [-0.2, -0.15) is 4.98 Å². The molecule has 1 aromatic heterocycles. The first-order valence-corrected chi connectivity index (χ1v) is 7.18. The van der Waals surface area contributed by atoms with Crippen LogP contribution in [0.2, 0.25) is 0 Å². The van der Waals surface area contributed by atoms with E-state index in [0.717, 1.165) is 18.6 Å². The Morgan fingerprint density at radius 2 is 2.04 bits per heavy atom. The van der Waals surface area contributed by atoms with E-state index in [2.05, 4.69) is 4.98 Å². The molecular formula is C16H17F2N3O2. The van der Waals surface area contributed by atoms with Crippen molar-refractivity contribution in [3.8, 4) is 5.88 Å². The van der Waals surface area contributed by atoms with Gasteiger partial charge in [0.25, 0.3) is 0 Å². The molecule has 1 aliphatic rings. The van der Waals surface area contributed by atoms with E-state index in [1.807, 2.05) is 18.9 Å². The third-order valence-electron chi connectivity index (χ3n) is 3.89. The van der Waals surface area contributed by atoms with Gasteiger partial charge >= 0.3 is 5.69 Å². The van der Waals surface area contributed by atoms with E-state index < -0.39 is 23.9 Å². The van der Waals surface area contributed by atoms with Crippen LogP contribution in [-0.4, -0.2) is 22.6 Å². The number of anilines is 1. The van der Waals surface area contributed by atoms with Crippen molar-refractivity contribution in [1.82, 2.24) is 9.55 Å². The Morgan fingerprint density at radius 1 is 1.35 bits per heavy atom. The van der Waals surface area contributed by atoms with E-state index in [-0.39, 0.29) is 17.5 Å². The lowest BCUT2D eigenvalue weighted by molar-refractivity contribution is 0.288. The van der Waals surface area contributed by atoms with Crippen LogP contribution in [0.1, 0.15) is 21.6 Å². The number of rotatable bonds is 3. The summed E-state index contributed by atoms with van der Waals surface area (Å²) in [5.74, 6) is -1.54. The highest BCUT2D eigenvalue weighted by atomic mass is 19.1. The normalized spacial score (nSPS) is 19.0. The summed E-state index contributed by atoms with van der Waals surface area (Å²) in [7, 11) is 1.81. The summed E-state index contributed by atoms with van der Waals surface area (Å²) in [4.78, 5) is 17.8. The van der Waals surface area contributed by atoms with E-state index in [1.54, 1.807) is 0 Å². The van der Waals surface area contributed by atoms with Crippen LogP contribution in [-0.2, 0) is 13.1 Å². The molecule has 2 heterocycles. The zero-order chi connectivity index (χ0) is 18.4. The zero-order valence-electron chi connectivity index (χ0n) is 14.7. The maximum absolute atomic E-state index is 13.3. The van der Waals surface area contributed by atoms with Gasteiger partial charge in [-0.25, -0.2) is 13.6 Å². The predicted octanol–water partition coefficient (Wildman–Crippen LogP) is 2.33. The van der Waals surface area contributed by atoms with Crippen LogP contribution < -0.4 is 15.3 Å². The average molecular weight is 323 g/mol. The summed E-state index contributed by atoms with van der Waals surface area (Å²) in [5.41, 5.74) is -0.904. The van der Waals surface area contributed by atoms with Crippen LogP contribution in [0, 0.1) is 11.6 Å². The standard InChI is InChI=1S/C16H17F2N3O2/c1-10-3-4-21-15(20(10)2)8-14(19-16(21)22)23-9-11-5-12(17)7-13(18)6-11/h5-8,10H,3-4,9H2,1-2H3/i9D2. The summed E-state index contributed by atoms with van der Waals surface area (Å²) in [6, 6.07) is 3.96. The molecule has 1 atom stereocenters. The Labute approximate surface area is 134 Å². The molecule has 0 N–H and O–H groups in total. The van der Waals surface area contributed by atoms with E-state index in [4.69, 9.17) is 7.48 Å². The first-order valence-electron chi connectivity index (χ1n) is 8.18. The number of fused-ring (bicyclic) bond motifs is 1. The molecule has 0 radical (unpaired) electrons. The molecule has 0 fully saturated rings. The number of ether oxygens (including phenoxy) is 1. The second kappa shape index (κ2) is 5.98. The van der Waals surface area contributed by atoms with E-state index in [9.17, 15) is 13.6 Å². The smallest absolute Gasteiger partial charge is 0.352 e. The number of hydrogen-bond acceptors (Lipinski definition) is 4. The van der Waals surface area contributed by atoms with Crippen LogP contribution in [0.5, 0.6) is 5.88 Å². The van der Waals surface area contributed by atoms with Gasteiger partial charge in [0.15, 0.2) is 0 Å². The maximum atomic E-state index is 13.3. The first kappa shape index (κ1) is 13.0. The van der Waals surface area contributed by atoms with Crippen molar-refractivity contribution in [2.75, 3.05) is 11.9 Å². The van der Waals surface area contributed by atoms with E-state index in [0.29, 0.717) is 18.4 Å². The fourth-order valence-electron chi connectivity index (χ4n) is 2.49. The molecule has 0 aliphatic carbocycles. The second-order valence-electron chi connectivity index (χ2n) is 5.50. The van der Waals surface area contributed by atoms with Crippen LogP contribution in [0.3, 0.4) is 0 Å². The molecule has 0 saturated heterocycles. The fraction of sp³-hybridized carbons (Fsp3) is 0.375. The first-order chi connectivity index (χ1) is 11.7. The SMILES string of the molecule is [2H]C([2H])(Oc1cc2n(c(=O)n1)CCC(C)N2C)c1cc(F)cc(F)c1. The highest BCUT2D eigenvalue weighted by Gasteiger charge is 2.22. The molecular weight excluding hydrogens is 304 g/mol. The van der Waals surface area contributed by atoms with Gasteiger partial charge in [0, 0.05) is 31.8 Å². The van der Waals surface area contributed by atoms with Crippen LogP contribution >= 0.6 is 0 Å². The average Bonchev–Trinajstić information content (AvgIpc) is 2.50. The summed E-state index contributed by atoms with van der Waals surface area (Å²) in [6.45, 7) is -0.0428. The second-order valence-corrected chi connectivity index (χ2v) is 5.50. The molecule has 7 heteroatoms. The summed E-state index contributed by atoms with van der Waals surface area (Å²) < 4.78 is 49.2. The Morgan fingerprint density at radius 3 is 2.74 bits per heavy atom. The molecule has 0 saturated carbocycles. The minimum Gasteiger partial charge on any atom is -0.473 e. The van der Waals surface area contributed by atoms with Gasteiger partial charge in [-0.05, 0) is 31.0 Å². The van der Waals surface area contributed by atoms with Crippen molar-refractivity contribution < 1.29 is 16.3 Å². The molecule has 0 spiro atoms. The molecule has 0 bridgehead atoms. The summed E-state index contributed by atoms with van der Waals surface area (Å²) >= 11 is 0. The van der Waals surface area contributed by atoms with Crippen molar-refractivity contribution in [1.29, 1.82) is 0 Å². The number of aromatic nitrogens is 2. The van der Waals surface area contributed by atoms with Crippen molar-refractivity contribution in [2.24, 2.45) is 0 Å². The lowest BCUT2D eigenvalue weighted by atomic mass is 10.1. The summed E-state index contributed by atoms with van der Waals surface area (Å²) in [5, 5.41) is 0. The van der Waals surface area contributed by atoms with Crippen molar-refractivity contribution in [3.63, 3.8) is 0 Å². The molecule has 0 amide bonds. The lowest BCUT2D eigenvalue weighted by Crippen LogP contribution is -2.41. The molecule has 23 heavy (non-hydrogen) atoms. The Balaban J connectivity index is 1.97. The molecule has 122 valence electrons. The monoisotopic (exact) mass is 323 g/mol. The third-order valence-corrected chi connectivity index (χ3v) is 3.89. The Bertz CT molecular complexity index is 853. The van der Waals surface area contributed by atoms with Crippen LogP contribution in [0.15, 0.2) is 29.1 Å². The van der Waals surface area contributed by atoms with Crippen LogP contribution in [0.4, 0.5) is 14.6 Å². The van der Waals surface area contributed by atoms with E-state index in [1.165, 1.54) is 10.6 Å². The molecule has 5 nitrogen and oxygen atoms in total. The molecule has 2 aromatic rings. The van der Waals surface area contributed by atoms with Gasteiger partial charge in [-0.1, -0.05) is 0 Å². The van der Waals surface area contributed by atoms with Gasteiger partial charge in [-0.15, -0.1) is 0 Å². The Kier molecular flexibility index (Phi) is 3.39. The highest BCUT2D eigenvalue weighted by molar-refractivity contribution is 5.43. The van der Waals surface area contributed by atoms with Crippen molar-refractivity contribution >= 4 is 5.82 Å². The maximum Gasteiger partial charge on any atom is 0.352 e. The van der Waals surface area contributed by atoms with Gasteiger partial charge in [0.05, 0.1) is 2.74 Å². The number of benzene rings is 1. The minimum atomic E-state index is -2.56. The lowest BCUT2D eigenvalue weighted by Gasteiger charge is -2.34.